The second-order valence-corrected chi connectivity index (χ2v) is 7.54. The monoisotopic (exact) mass is 322 g/mol. The number of rotatable bonds is 6. The highest BCUT2D eigenvalue weighted by Gasteiger charge is 2.18. The largest absolute Gasteiger partial charge is 0.356 e. The SMILES string of the molecule is CCc1cnc(CCNC(=NC)NCC2CCCC(C)C2)s1. The van der Waals surface area contributed by atoms with Crippen molar-refractivity contribution in [3.63, 3.8) is 0 Å². The Morgan fingerprint density at radius 3 is 2.95 bits per heavy atom. The molecular formula is C17H30N4S. The van der Waals surface area contributed by atoms with E-state index in [0.717, 1.165) is 43.7 Å². The van der Waals surface area contributed by atoms with Crippen LogP contribution in [0.25, 0.3) is 0 Å². The molecule has 0 amide bonds. The van der Waals surface area contributed by atoms with E-state index in [0.29, 0.717) is 0 Å². The van der Waals surface area contributed by atoms with Crippen LogP contribution in [0.1, 0.15) is 49.4 Å². The van der Waals surface area contributed by atoms with Gasteiger partial charge in [0.05, 0.1) is 5.01 Å². The van der Waals surface area contributed by atoms with Crippen LogP contribution in [0, 0.1) is 11.8 Å². The summed E-state index contributed by atoms with van der Waals surface area (Å²) in [4.78, 5) is 10.1. The van der Waals surface area contributed by atoms with Gasteiger partial charge in [0.25, 0.3) is 0 Å². The van der Waals surface area contributed by atoms with E-state index in [1.165, 1.54) is 35.6 Å². The Hall–Kier alpha value is -1.10. The fourth-order valence-corrected chi connectivity index (χ4v) is 3.98. The van der Waals surface area contributed by atoms with E-state index in [1.807, 2.05) is 24.6 Å². The Labute approximate surface area is 138 Å². The van der Waals surface area contributed by atoms with E-state index in [-0.39, 0.29) is 0 Å². The Balaban J connectivity index is 1.66. The van der Waals surface area contributed by atoms with Crippen molar-refractivity contribution < 1.29 is 0 Å². The highest BCUT2D eigenvalue weighted by molar-refractivity contribution is 7.11. The lowest BCUT2D eigenvalue weighted by Crippen LogP contribution is -2.41. The summed E-state index contributed by atoms with van der Waals surface area (Å²) < 4.78 is 0. The molecule has 22 heavy (non-hydrogen) atoms. The molecule has 2 unspecified atom stereocenters. The van der Waals surface area contributed by atoms with Gasteiger partial charge in [0, 0.05) is 37.6 Å². The third kappa shape index (κ3) is 5.59. The molecule has 0 radical (unpaired) electrons. The molecule has 0 saturated heterocycles. The van der Waals surface area contributed by atoms with E-state index in [9.17, 15) is 0 Å². The second kappa shape index (κ2) is 9.13. The fourth-order valence-electron chi connectivity index (χ4n) is 3.12. The standard InChI is InChI=1S/C17H30N4S/c1-4-15-12-20-16(22-15)8-9-19-17(18-3)21-11-14-7-5-6-13(2)10-14/h12-14H,4-11H2,1-3H3,(H2,18,19,21). The van der Waals surface area contributed by atoms with Crippen LogP contribution in [0.15, 0.2) is 11.2 Å². The molecule has 2 N–H and O–H groups in total. The lowest BCUT2D eigenvalue weighted by Gasteiger charge is -2.27. The first kappa shape index (κ1) is 17.3. The summed E-state index contributed by atoms with van der Waals surface area (Å²) in [5, 5.41) is 8.09. The van der Waals surface area contributed by atoms with Crippen LogP contribution < -0.4 is 10.6 Å². The molecule has 1 fully saturated rings. The zero-order valence-electron chi connectivity index (χ0n) is 14.2. The van der Waals surface area contributed by atoms with E-state index in [4.69, 9.17) is 0 Å². The van der Waals surface area contributed by atoms with Crippen LogP contribution in [-0.2, 0) is 12.8 Å². The zero-order chi connectivity index (χ0) is 15.8. The summed E-state index contributed by atoms with van der Waals surface area (Å²) in [6, 6.07) is 0. The van der Waals surface area contributed by atoms with Gasteiger partial charge >= 0.3 is 0 Å². The third-order valence-corrected chi connectivity index (χ3v) is 5.61. The lowest BCUT2D eigenvalue weighted by atomic mass is 9.82. The molecule has 1 saturated carbocycles. The predicted molar refractivity (Wildman–Crippen MR) is 95.7 cm³/mol. The smallest absolute Gasteiger partial charge is 0.190 e. The summed E-state index contributed by atoms with van der Waals surface area (Å²) in [5.74, 6) is 2.60. The van der Waals surface area contributed by atoms with Gasteiger partial charge in [0.15, 0.2) is 5.96 Å². The fraction of sp³-hybridized carbons (Fsp3) is 0.765. The molecule has 4 nitrogen and oxygen atoms in total. The van der Waals surface area contributed by atoms with Crippen LogP contribution in [-0.4, -0.2) is 31.1 Å². The van der Waals surface area contributed by atoms with Crippen LogP contribution in [0.5, 0.6) is 0 Å². The van der Waals surface area contributed by atoms with E-state index < -0.39 is 0 Å². The minimum Gasteiger partial charge on any atom is -0.356 e. The first-order valence-electron chi connectivity index (χ1n) is 8.59. The number of guanidine groups is 1. The highest BCUT2D eigenvalue weighted by atomic mass is 32.1. The maximum Gasteiger partial charge on any atom is 0.190 e. The molecule has 2 rings (SSSR count). The summed E-state index contributed by atoms with van der Waals surface area (Å²) in [7, 11) is 1.84. The molecule has 1 aromatic heterocycles. The Bertz CT molecular complexity index is 469. The van der Waals surface area contributed by atoms with Crippen molar-refractivity contribution in [1.29, 1.82) is 0 Å². The summed E-state index contributed by atoms with van der Waals surface area (Å²) >= 11 is 1.82. The van der Waals surface area contributed by atoms with Crippen molar-refractivity contribution in [2.75, 3.05) is 20.1 Å². The quantitative estimate of drug-likeness (QED) is 0.624. The number of nitrogens with one attached hydrogen (secondary N) is 2. The number of aryl methyl sites for hydroxylation is 1. The summed E-state index contributed by atoms with van der Waals surface area (Å²) in [6.07, 6.45) is 9.52. The van der Waals surface area contributed by atoms with Gasteiger partial charge in [-0.15, -0.1) is 11.3 Å². The number of aliphatic imine (C=N–C) groups is 1. The molecular weight excluding hydrogens is 292 g/mol. The van der Waals surface area contributed by atoms with E-state index in [1.54, 1.807) is 0 Å². The van der Waals surface area contributed by atoms with E-state index in [2.05, 4.69) is 34.5 Å². The first-order chi connectivity index (χ1) is 10.7. The molecule has 1 aliphatic carbocycles. The number of hydrogen-bond acceptors (Lipinski definition) is 3. The van der Waals surface area contributed by atoms with Gasteiger partial charge in [0.1, 0.15) is 0 Å². The van der Waals surface area contributed by atoms with Gasteiger partial charge in [0.2, 0.25) is 0 Å². The van der Waals surface area contributed by atoms with Gasteiger partial charge in [-0.05, 0) is 31.1 Å². The second-order valence-electron chi connectivity index (χ2n) is 6.34. The van der Waals surface area contributed by atoms with Gasteiger partial charge in [-0.25, -0.2) is 4.98 Å². The number of thiazole rings is 1. The lowest BCUT2D eigenvalue weighted by molar-refractivity contribution is 0.282. The molecule has 2 atom stereocenters. The molecule has 0 aliphatic heterocycles. The normalized spacial score (nSPS) is 22.6. The number of nitrogens with zero attached hydrogens (tertiary/aromatic N) is 2. The Kier molecular flexibility index (Phi) is 7.16. The average molecular weight is 323 g/mol. The summed E-state index contributed by atoms with van der Waals surface area (Å²) in [5.41, 5.74) is 0. The topological polar surface area (TPSA) is 49.3 Å². The average Bonchev–Trinajstić information content (AvgIpc) is 2.98. The molecule has 0 spiro atoms. The van der Waals surface area contributed by atoms with Crippen molar-refractivity contribution >= 4 is 17.3 Å². The Morgan fingerprint density at radius 1 is 1.41 bits per heavy atom. The Morgan fingerprint density at radius 2 is 2.27 bits per heavy atom. The van der Waals surface area contributed by atoms with Gasteiger partial charge in [-0.1, -0.05) is 26.7 Å². The van der Waals surface area contributed by atoms with Crippen LogP contribution in [0.4, 0.5) is 0 Å². The zero-order valence-corrected chi connectivity index (χ0v) is 15.0. The third-order valence-electron chi connectivity index (χ3n) is 4.41. The number of aromatic nitrogens is 1. The molecule has 124 valence electrons. The minimum atomic E-state index is 0.799. The van der Waals surface area contributed by atoms with Crippen molar-refractivity contribution in [2.24, 2.45) is 16.8 Å². The van der Waals surface area contributed by atoms with Crippen molar-refractivity contribution in [2.45, 2.75) is 52.4 Å². The molecule has 1 aromatic rings. The van der Waals surface area contributed by atoms with Gasteiger partial charge in [-0.2, -0.15) is 0 Å². The van der Waals surface area contributed by atoms with Gasteiger partial charge < -0.3 is 10.6 Å². The van der Waals surface area contributed by atoms with Gasteiger partial charge in [-0.3, -0.25) is 4.99 Å². The predicted octanol–water partition coefficient (Wildman–Crippen LogP) is 3.24. The molecule has 5 heteroatoms. The molecule has 1 heterocycles. The molecule has 0 bridgehead atoms. The van der Waals surface area contributed by atoms with Crippen LogP contribution >= 0.6 is 11.3 Å². The maximum atomic E-state index is 4.46. The van der Waals surface area contributed by atoms with Crippen LogP contribution in [0.3, 0.4) is 0 Å². The number of hydrogen-bond donors (Lipinski definition) is 2. The first-order valence-corrected chi connectivity index (χ1v) is 9.41. The summed E-state index contributed by atoms with van der Waals surface area (Å²) in [6.45, 7) is 6.48. The molecule has 1 aliphatic rings. The highest BCUT2D eigenvalue weighted by Crippen LogP contribution is 2.27. The van der Waals surface area contributed by atoms with Crippen molar-refractivity contribution in [3.8, 4) is 0 Å². The van der Waals surface area contributed by atoms with Crippen LogP contribution in [0.2, 0.25) is 0 Å². The molecule has 0 aromatic carbocycles. The maximum absolute atomic E-state index is 4.46. The minimum absolute atomic E-state index is 0.799. The van der Waals surface area contributed by atoms with Crippen molar-refractivity contribution in [3.05, 3.63) is 16.1 Å². The van der Waals surface area contributed by atoms with Crippen molar-refractivity contribution in [1.82, 2.24) is 15.6 Å². The van der Waals surface area contributed by atoms with E-state index >= 15 is 0 Å².